The van der Waals surface area contributed by atoms with Crippen LogP contribution in [0.5, 0.6) is 0 Å². The monoisotopic (exact) mass is 280 g/mol. The van der Waals surface area contributed by atoms with Gasteiger partial charge in [-0.05, 0) is 33.6 Å². The Hall–Kier alpha value is -1.56. The Morgan fingerprint density at radius 3 is 2.75 bits per heavy atom. The van der Waals surface area contributed by atoms with Gasteiger partial charge in [0.25, 0.3) is 0 Å². The fraction of sp³-hybridized carbons (Fsp3) is 0.714. The van der Waals surface area contributed by atoms with E-state index in [-0.39, 0.29) is 18.1 Å². The lowest BCUT2D eigenvalue weighted by Crippen LogP contribution is -2.50. The predicted molar refractivity (Wildman–Crippen MR) is 77.3 cm³/mol. The maximum absolute atomic E-state index is 12.4. The fourth-order valence-corrected chi connectivity index (χ4v) is 2.68. The van der Waals surface area contributed by atoms with E-state index in [4.69, 9.17) is 10.5 Å². The summed E-state index contributed by atoms with van der Waals surface area (Å²) in [5.41, 5.74) is 7.95. The van der Waals surface area contributed by atoms with E-state index in [1.807, 2.05) is 25.7 Å². The van der Waals surface area contributed by atoms with Gasteiger partial charge in [0.05, 0.1) is 22.7 Å². The van der Waals surface area contributed by atoms with Crippen molar-refractivity contribution in [1.82, 2.24) is 14.7 Å². The summed E-state index contributed by atoms with van der Waals surface area (Å²) in [6.07, 6.45) is 1.95. The summed E-state index contributed by atoms with van der Waals surface area (Å²) in [6, 6.07) is 0. The molecule has 112 valence electrons. The number of methoxy groups -OCH3 is 1. The molecule has 20 heavy (non-hydrogen) atoms. The van der Waals surface area contributed by atoms with E-state index in [0.717, 1.165) is 30.8 Å². The molecule has 1 aliphatic rings. The third kappa shape index (κ3) is 2.80. The van der Waals surface area contributed by atoms with E-state index >= 15 is 0 Å². The number of hydrogen-bond donors (Lipinski definition) is 1. The average Bonchev–Trinajstić information content (AvgIpc) is 2.66. The van der Waals surface area contributed by atoms with Crippen LogP contribution in [0.4, 0.5) is 5.69 Å². The number of aromatic nitrogens is 2. The average molecular weight is 280 g/mol. The quantitative estimate of drug-likeness (QED) is 0.900. The van der Waals surface area contributed by atoms with Crippen molar-refractivity contribution in [2.45, 2.75) is 45.8 Å². The Kier molecular flexibility index (Phi) is 4.04. The zero-order valence-electron chi connectivity index (χ0n) is 12.8. The second kappa shape index (κ2) is 5.44. The summed E-state index contributed by atoms with van der Waals surface area (Å²) < 4.78 is 7.21. The molecule has 2 N–H and O–H groups in total. The lowest BCUT2D eigenvalue weighted by atomic mass is 9.95. The van der Waals surface area contributed by atoms with Crippen molar-refractivity contribution in [3.63, 3.8) is 0 Å². The van der Waals surface area contributed by atoms with Gasteiger partial charge in [-0.3, -0.25) is 9.48 Å². The van der Waals surface area contributed by atoms with Crippen LogP contribution in [0, 0.1) is 13.8 Å². The Balaban J connectivity index is 2.06. The van der Waals surface area contributed by atoms with Gasteiger partial charge in [-0.1, -0.05) is 0 Å². The number of nitrogen functional groups attached to an aromatic ring is 1. The van der Waals surface area contributed by atoms with Crippen LogP contribution in [0.2, 0.25) is 0 Å². The van der Waals surface area contributed by atoms with Gasteiger partial charge >= 0.3 is 0 Å². The SMILES string of the molecule is COC1(C)CCCN(C(=O)Cn2nc(C)c(N)c2C)C1. The minimum atomic E-state index is -0.234. The molecular formula is C14H24N4O2. The Labute approximate surface area is 119 Å². The standard InChI is InChI=1S/C14H24N4O2/c1-10-13(15)11(2)18(16-10)8-12(19)17-7-5-6-14(3,9-17)20-4/h5-9,15H2,1-4H3. The van der Waals surface area contributed by atoms with Crippen LogP contribution in [-0.4, -0.2) is 46.4 Å². The maximum Gasteiger partial charge on any atom is 0.244 e. The van der Waals surface area contributed by atoms with Crippen LogP contribution in [0.1, 0.15) is 31.2 Å². The molecule has 1 fully saturated rings. The first-order valence-corrected chi connectivity index (χ1v) is 6.99. The molecule has 1 amide bonds. The first kappa shape index (κ1) is 14.8. The number of nitrogens with zero attached hydrogens (tertiary/aromatic N) is 3. The Morgan fingerprint density at radius 1 is 1.50 bits per heavy atom. The molecule has 0 saturated carbocycles. The number of piperidine rings is 1. The predicted octanol–water partition coefficient (Wildman–Crippen LogP) is 1.11. The molecule has 1 aliphatic heterocycles. The van der Waals surface area contributed by atoms with Gasteiger partial charge in [0.2, 0.25) is 5.91 Å². The summed E-state index contributed by atoms with van der Waals surface area (Å²) in [5, 5.41) is 4.31. The van der Waals surface area contributed by atoms with Crippen LogP contribution < -0.4 is 5.73 Å². The van der Waals surface area contributed by atoms with E-state index in [1.165, 1.54) is 0 Å². The molecule has 2 rings (SSSR count). The molecule has 1 saturated heterocycles. The van der Waals surface area contributed by atoms with Gasteiger partial charge < -0.3 is 15.4 Å². The van der Waals surface area contributed by atoms with Gasteiger partial charge in [0, 0.05) is 20.2 Å². The molecule has 1 aromatic heterocycles. The number of carbonyl (C=O) groups is 1. The Bertz CT molecular complexity index is 512. The zero-order chi connectivity index (χ0) is 14.9. The van der Waals surface area contributed by atoms with Crippen LogP contribution in [0.15, 0.2) is 0 Å². The highest BCUT2D eigenvalue weighted by Crippen LogP contribution is 2.24. The van der Waals surface area contributed by atoms with Crippen LogP contribution in [-0.2, 0) is 16.1 Å². The van der Waals surface area contributed by atoms with Crippen LogP contribution in [0.25, 0.3) is 0 Å². The van der Waals surface area contributed by atoms with Crippen molar-refractivity contribution < 1.29 is 9.53 Å². The highest BCUT2D eigenvalue weighted by molar-refractivity contribution is 5.76. The minimum absolute atomic E-state index is 0.0681. The third-order valence-electron chi connectivity index (χ3n) is 4.23. The Morgan fingerprint density at radius 2 is 2.20 bits per heavy atom. The molecule has 0 spiro atoms. The van der Waals surface area contributed by atoms with Gasteiger partial charge in [-0.15, -0.1) is 0 Å². The fourth-order valence-electron chi connectivity index (χ4n) is 2.68. The highest BCUT2D eigenvalue weighted by atomic mass is 16.5. The van der Waals surface area contributed by atoms with Crippen LogP contribution in [0.3, 0.4) is 0 Å². The molecule has 1 atom stereocenters. The normalized spacial score (nSPS) is 23.1. The van der Waals surface area contributed by atoms with Crippen molar-refractivity contribution in [2.75, 3.05) is 25.9 Å². The number of ether oxygens (including phenoxy) is 1. The molecular weight excluding hydrogens is 256 g/mol. The molecule has 0 radical (unpaired) electrons. The lowest BCUT2D eigenvalue weighted by molar-refractivity contribution is -0.140. The number of carbonyl (C=O) groups excluding carboxylic acids is 1. The van der Waals surface area contributed by atoms with E-state index < -0.39 is 0 Å². The summed E-state index contributed by atoms with van der Waals surface area (Å²) in [6.45, 7) is 7.45. The van der Waals surface area contributed by atoms with Gasteiger partial charge in [0.1, 0.15) is 6.54 Å². The van der Waals surface area contributed by atoms with E-state index in [1.54, 1.807) is 11.8 Å². The van der Waals surface area contributed by atoms with Crippen LogP contribution >= 0.6 is 0 Å². The first-order chi connectivity index (χ1) is 9.36. The number of amides is 1. The van der Waals surface area contributed by atoms with E-state index in [0.29, 0.717) is 12.2 Å². The molecule has 1 unspecified atom stereocenters. The second-order valence-corrected chi connectivity index (χ2v) is 5.82. The molecule has 0 aromatic carbocycles. The molecule has 6 heteroatoms. The number of anilines is 1. The van der Waals surface area contributed by atoms with Crippen molar-refractivity contribution in [3.05, 3.63) is 11.4 Å². The van der Waals surface area contributed by atoms with Crippen molar-refractivity contribution in [2.24, 2.45) is 0 Å². The number of hydrogen-bond acceptors (Lipinski definition) is 4. The lowest BCUT2D eigenvalue weighted by Gasteiger charge is -2.39. The summed E-state index contributed by atoms with van der Waals surface area (Å²) in [7, 11) is 1.70. The highest BCUT2D eigenvalue weighted by Gasteiger charge is 2.33. The molecule has 0 bridgehead atoms. The summed E-state index contributed by atoms with van der Waals surface area (Å²) >= 11 is 0. The number of aryl methyl sites for hydroxylation is 1. The summed E-state index contributed by atoms with van der Waals surface area (Å²) in [4.78, 5) is 14.3. The maximum atomic E-state index is 12.4. The number of nitrogens with two attached hydrogens (primary N) is 1. The van der Waals surface area contributed by atoms with Gasteiger partial charge in [-0.25, -0.2) is 0 Å². The topological polar surface area (TPSA) is 73.4 Å². The second-order valence-electron chi connectivity index (χ2n) is 5.82. The molecule has 0 aliphatic carbocycles. The summed E-state index contributed by atoms with van der Waals surface area (Å²) in [5.74, 6) is 0.0681. The number of rotatable bonds is 3. The van der Waals surface area contributed by atoms with Crippen molar-refractivity contribution in [1.29, 1.82) is 0 Å². The van der Waals surface area contributed by atoms with Gasteiger partial charge in [-0.2, -0.15) is 5.10 Å². The zero-order valence-corrected chi connectivity index (χ0v) is 12.8. The number of likely N-dealkylation sites (tertiary alicyclic amines) is 1. The smallest absolute Gasteiger partial charge is 0.244 e. The van der Waals surface area contributed by atoms with Crippen molar-refractivity contribution in [3.8, 4) is 0 Å². The minimum Gasteiger partial charge on any atom is -0.396 e. The molecule has 1 aromatic rings. The molecule has 6 nitrogen and oxygen atoms in total. The van der Waals surface area contributed by atoms with Gasteiger partial charge in [0.15, 0.2) is 0 Å². The largest absolute Gasteiger partial charge is 0.396 e. The third-order valence-corrected chi connectivity index (χ3v) is 4.23. The molecule has 2 heterocycles. The van der Waals surface area contributed by atoms with Crippen molar-refractivity contribution >= 4 is 11.6 Å². The first-order valence-electron chi connectivity index (χ1n) is 6.99. The van der Waals surface area contributed by atoms with E-state index in [2.05, 4.69) is 5.10 Å². The van der Waals surface area contributed by atoms with E-state index in [9.17, 15) is 4.79 Å².